The Morgan fingerprint density at radius 1 is 1.20 bits per heavy atom. The summed E-state index contributed by atoms with van der Waals surface area (Å²) >= 11 is 0. The van der Waals surface area contributed by atoms with Crippen LogP contribution in [0.5, 0.6) is 0 Å². The molecule has 25 heavy (non-hydrogen) atoms. The first-order chi connectivity index (χ1) is 12.2. The summed E-state index contributed by atoms with van der Waals surface area (Å²) in [6, 6.07) is 10.8. The summed E-state index contributed by atoms with van der Waals surface area (Å²) in [6.45, 7) is 2.08. The van der Waals surface area contributed by atoms with E-state index < -0.39 is 0 Å². The molecule has 1 aromatic carbocycles. The van der Waals surface area contributed by atoms with Gasteiger partial charge in [-0.3, -0.25) is 4.79 Å². The summed E-state index contributed by atoms with van der Waals surface area (Å²) in [4.78, 5) is 14.9. The van der Waals surface area contributed by atoms with Gasteiger partial charge >= 0.3 is 0 Å². The molecule has 1 aromatic rings. The number of hydrogen-bond acceptors (Lipinski definition) is 3. The minimum absolute atomic E-state index is 0.0960. The number of amides is 1. The number of benzene rings is 1. The summed E-state index contributed by atoms with van der Waals surface area (Å²) in [5.41, 5.74) is 1.41. The van der Waals surface area contributed by atoms with E-state index in [2.05, 4.69) is 35.2 Å². The van der Waals surface area contributed by atoms with E-state index in [0.29, 0.717) is 37.9 Å². The molecule has 2 heterocycles. The van der Waals surface area contributed by atoms with Crippen LogP contribution in [0.2, 0.25) is 0 Å². The van der Waals surface area contributed by atoms with Crippen LogP contribution in [0.25, 0.3) is 0 Å². The number of aliphatic hydroxyl groups is 1. The first kappa shape index (κ1) is 17.0. The van der Waals surface area contributed by atoms with E-state index in [1.807, 2.05) is 0 Å². The van der Waals surface area contributed by atoms with Gasteiger partial charge in [0.25, 0.3) is 0 Å². The van der Waals surface area contributed by atoms with Gasteiger partial charge in [-0.25, -0.2) is 0 Å². The zero-order chi connectivity index (χ0) is 17.2. The molecular formula is C21H29NO3. The summed E-state index contributed by atoms with van der Waals surface area (Å²) in [5.74, 6) is 1.53. The molecule has 4 rings (SSSR count). The lowest BCUT2D eigenvalue weighted by atomic mass is 9.70. The zero-order valence-corrected chi connectivity index (χ0v) is 14.8. The Bertz CT molecular complexity index is 584. The number of rotatable bonds is 4. The van der Waals surface area contributed by atoms with E-state index >= 15 is 0 Å². The Hall–Kier alpha value is -1.39. The molecular weight excluding hydrogens is 314 g/mol. The lowest BCUT2D eigenvalue weighted by Crippen LogP contribution is -2.48. The maximum absolute atomic E-state index is 12.9. The van der Waals surface area contributed by atoms with Crippen molar-refractivity contribution in [3.63, 3.8) is 0 Å². The van der Waals surface area contributed by atoms with Gasteiger partial charge in [-0.15, -0.1) is 0 Å². The SMILES string of the molecule is O=C(CC1CC(c2ccccc2)C1)N1CCC[C@@H]1[C@@H]1COCC[C@@H]1O. The van der Waals surface area contributed by atoms with E-state index in [4.69, 9.17) is 4.74 Å². The average Bonchev–Trinajstić information content (AvgIpc) is 3.08. The van der Waals surface area contributed by atoms with Gasteiger partial charge < -0.3 is 14.7 Å². The maximum Gasteiger partial charge on any atom is 0.223 e. The first-order valence-corrected chi connectivity index (χ1v) is 9.82. The van der Waals surface area contributed by atoms with Crippen LogP contribution < -0.4 is 0 Å². The topological polar surface area (TPSA) is 49.8 Å². The Morgan fingerprint density at radius 3 is 2.76 bits per heavy atom. The average molecular weight is 343 g/mol. The van der Waals surface area contributed by atoms with Gasteiger partial charge in [0, 0.05) is 31.5 Å². The molecule has 4 heteroatoms. The minimum atomic E-state index is -0.321. The standard InChI is InChI=1S/C21H29NO3/c23-20-8-10-25-14-18(20)19-7-4-9-22(19)21(24)13-15-11-17(12-15)16-5-2-1-3-6-16/h1-3,5-6,15,17-20,23H,4,7-14H2/t15?,17?,18-,19+,20-/m0/s1. The van der Waals surface area contributed by atoms with Crippen molar-refractivity contribution in [2.24, 2.45) is 11.8 Å². The molecule has 0 aromatic heterocycles. The van der Waals surface area contributed by atoms with Crippen molar-refractivity contribution >= 4 is 5.91 Å². The molecule has 2 saturated heterocycles. The molecule has 3 aliphatic rings. The van der Waals surface area contributed by atoms with E-state index in [0.717, 1.165) is 32.2 Å². The molecule has 1 aliphatic carbocycles. The van der Waals surface area contributed by atoms with Crippen molar-refractivity contribution in [1.29, 1.82) is 0 Å². The number of carbonyl (C=O) groups is 1. The van der Waals surface area contributed by atoms with Gasteiger partial charge in [0.15, 0.2) is 0 Å². The number of likely N-dealkylation sites (tertiary alicyclic amines) is 1. The van der Waals surface area contributed by atoms with Gasteiger partial charge in [-0.2, -0.15) is 0 Å². The number of carbonyl (C=O) groups excluding carboxylic acids is 1. The van der Waals surface area contributed by atoms with E-state index in [-0.39, 0.29) is 24.0 Å². The van der Waals surface area contributed by atoms with E-state index in [9.17, 15) is 9.90 Å². The zero-order valence-electron chi connectivity index (χ0n) is 14.8. The highest BCUT2D eigenvalue weighted by Crippen LogP contribution is 2.44. The molecule has 0 radical (unpaired) electrons. The van der Waals surface area contributed by atoms with Crippen molar-refractivity contribution < 1.29 is 14.6 Å². The number of hydrogen-bond donors (Lipinski definition) is 1. The highest BCUT2D eigenvalue weighted by Gasteiger charge is 2.41. The molecule has 0 spiro atoms. The van der Waals surface area contributed by atoms with Crippen molar-refractivity contribution in [2.75, 3.05) is 19.8 Å². The number of aliphatic hydroxyl groups excluding tert-OH is 1. The molecule has 0 bridgehead atoms. The third-order valence-electron chi connectivity index (χ3n) is 6.45. The molecule has 4 nitrogen and oxygen atoms in total. The second-order valence-corrected chi connectivity index (χ2v) is 8.04. The fourth-order valence-electron chi connectivity index (χ4n) is 4.93. The summed E-state index contributed by atoms with van der Waals surface area (Å²) in [5, 5.41) is 10.3. The normalized spacial score (nSPS) is 35.4. The molecule has 1 saturated carbocycles. The summed E-state index contributed by atoms with van der Waals surface area (Å²) in [6.07, 6.45) is 5.37. The summed E-state index contributed by atoms with van der Waals surface area (Å²) < 4.78 is 5.57. The van der Waals surface area contributed by atoms with Crippen molar-refractivity contribution in [1.82, 2.24) is 4.90 Å². The van der Waals surface area contributed by atoms with Crippen molar-refractivity contribution in [2.45, 2.75) is 56.6 Å². The van der Waals surface area contributed by atoms with Crippen LogP contribution in [0.3, 0.4) is 0 Å². The maximum atomic E-state index is 12.9. The van der Waals surface area contributed by atoms with Crippen LogP contribution in [0.15, 0.2) is 30.3 Å². The van der Waals surface area contributed by atoms with Crippen LogP contribution >= 0.6 is 0 Å². The van der Waals surface area contributed by atoms with Crippen LogP contribution in [-0.2, 0) is 9.53 Å². The molecule has 2 aliphatic heterocycles. The smallest absolute Gasteiger partial charge is 0.223 e. The predicted octanol–water partition coefficient (Wildman–Crippen LogP) is 2.96. The Morgan fingerprint density at radius 2 is 2.00 bits per heavy atom. The molecule has 0 unspecified atom stereocenters. The lowest BCUT2D eigenvalue weighted by molar-refractivity contribution is -0.138. The van der Waals surface area contributed by atoms with Gasteiger partial charge in [0.2, 0.25) is 5.91 Å². The fourth-order valence-corrected chi connectivity index (χ4v) is 4.93. The third kappa shape index (κ3) is 3.61. The van der Waals surface area contributed by atoms with Gasteiger partial charge in [0.1, 0.15) is 0 Å². The quantitative estimate of drug-likeness (QED) is 0.914. The molecule has 1 N–H and O–H groups in total. The number of ether oxygens (including phenoxy) is 1. The second-order valence-electron chi connectivity index (χ2n) is 8.04. The highest BCUT2D eigenvalue weighted by atomic mass is 16.5. The van der Waals surface area contributed by atoms with E-state index in [1.165, 1.54) is 5.56 Å². The van der Waals surface area contributed by atoms with Crippen molar-refractivity contribution in [3.05, 3.63) is 35.9 Å². The third-order valence-corrected chi connectivity index (χ3v) is 6.45. The van der Waals surface area contributed by atoms with Gasteiger partial charge in [-0.1, -0.05) is 30.3 Å². The van der Waals surface area contributed by atoms with Crippen LogP contribution in [0.4, 0.5) is 0 Å². The second kappa shape index (κ2) is 7.46. The fraction of sp³-hybridized carbons (Fsp3) is 0.667. The first-order valence-electron chi connectivity index (χ1n) is 9.82. The van der Waals surface area contributed by atoms with Crippen LogP contribution in [0.1, 0.15) is 50.0 Å². The van der Waals surface area contributed by atoms with E-state index in [1.54, 1.807) is 0 Å². The van der Waals surface area contributed by atoms with Crippen LogP contribution in [-0.4, -0.2) is 47.8 Å². The van der Waals surface area contributed by atoms with Crippen molar-refractivity contribution in [3.8, 4) is 0 Å². The molecule has 1 amide bonds. The highest BCUT2D eigenvalue weighted by molar-refractivity contribution is 5.77. The van der Waals surface area contributed by atoms with Crippen LogP contribution in [0, 0.1) is 11.8 Å². The number of nitrogens with zero attached hydrogens (tertiary/aromatic N) is 1. The molecule has 136 valence electrons. The Labute approximate surface area is 150 Å². The summed E-state index contributed by atoms with van der Waals surface area (Å²) in [7, 11) is 0. The molecule has 3 atom stereocenters. The van der Waals surface area contributed by atoms with Gasteiger partial charge in [-0.05, 0) is 49.5 Å². The van der Waals surface area contributed by atoms with Gasteiger partial charge in [0.05, 0.1) is 12.7 Å². The lowest BCUT2D eigenvalue weighted by Gasteiger charge is -2.39. The minimum Gasteiger partial charge on any atom is -0.393 e. The Balaban J connectivity index is 1.31. The predicted molar refractivity (Wildman–Crippen MR) is 96.2 cm³/mol. The largest absolute Gasteiger partial charge is 0.393 e. The monoisotopic (exact) mass is 343 g/mol. The molecule has 3 fully saturated rings. The Kier molecular flexibility index (Phi) is 5.09.